The van der Waals surface area contributed by atoms with E-state index in [9.17, 15) is 9.18 Å². The first-order valence-electron chi connectivity index (χ1n) is 3.85. The van der Waals surface area contributed by atoms with Crippen LogP contribution >= 0.6 is 11.3 Å². The van der Waals surface area contributed by atoms with Crippen LogP contribution in [0, 0.1) is 12.7 Å². The van der Waals surface area contributed by atoms with Crippen LogP contribution in [-0.4, -0.2) is 6.29 Å². The average molecular weight is 194 g/mol. The average Bonchev–Trinajstić information content (AvgIpc) is 2.47. The molecule has 0 saturated carbocycles. The van der Waals surface area contributed by atoms with Gasteiger partial charge in [0.15, 0.2) is 0 Å². The van der Waals surface area contributed by atoms with Crippen LogP contribution in [0.4, 0.5) is 4.39 Å². The summed E-state index contributed by atoms with van der Waals surface area (Å²) in [6.07, 6.45) is 0.798. The molecule has 0 saturated heterocycles. The van der Waals surface area contributed by atoms with Crippen LogP contribution in [0.5, 0.6) is 0 Å². The van der Waals surface area contributed by atoms with Gasteiger partial charge in [-0.25, -0.2) is 4.39 Å². The SMILES string of the molecule is Cc1cc2c(F)csc2cc1C=O. The number of hydrogen-bond donors (Lipinski definition) is 0. The van der Waals surface area contributed by atoms with E-state index < -0.39 is 0 Å². The number of aldehydes is 1. The van der Waals surface area contributed by atoms with E-state index in [0.717, 1.165) is 16.5 Å². The largest absolute Gasteiger partial charge is 0.298 e. The highest BCUT2D eigenvalue weighted by Crippen LogP contribution is 2.27. The molecule has 66 valence electrons. The highest BCUT2D eigenvalue weighted by Gasteiger charge is 2.06. The maximum atomic E-state index is 13.1. The second-order valence-corrected chi connectivity index (χ2v) is 3.82. The molecule has 13 heavy (non-hydrogen) atoms. The van der Waals surface area contributed by atoms with E-state index >= 15 is 0 Å². The summed E-state index contributed by atoms with van der Waals surface area (Å²) in [5, 5.41) is 2.06. The van der Waals surface area contributed by atoms with Crippen LogP contribution < -0.4 is 0 Å². The lowest BCUT2D eigenvalue weighted by Crippen LogP contribution is -1.85. The highest BCUT2D eigenvalue weighted by atomic mass is 32.1. The van der Waals surface area contributed by atoms with Gasteiger partial charge in [0.05, 0.1) is 0 Å². The predicted octanol–water partition coefficient (Wildman–Crippen LogP) is 3.16. The van der Waals surface area contributed by atoms with Gasteiger partial charge in [-0.05, 0) is 24.6 Å². The van der Waals surface area contributed by atoms with Crippen molar-refractivity contribution in [2.75, 3.05) is 0 Å². The van der Waals surface area contributed by atoms with Crippen LogP contribution in [-0.2, 0) is 0 Å². The van der Waals surface area contributed by atoms with Crippen molar-refractivity contribution in [1.29, 1.82) is 0 Å². The van der Waals surface area contributed by atoms with Crippen molar-refractivity contribution >= 4 is 27.7 Å². The zero-order valence-corrected chi connectivity index (χ0v) is 7.82. The van der Waals surface area contributed by atoms with Crippen LogP contribution in [0.15, 0.2) is 17.5 Å². The maximum Gasteiger partial charge on any atom is 0.150 e. The van der Waals surface area contributed by atoms with Gasteiger partial charge in [0, 0.05) is 21.0 Å². The van der Waals surface area contributed by atoms with Gasteiger partial charge in [0.2, 0.25) is 0 Å². The van der Waals surface area contributed by atoms with Crippen molar-refractivity contribution in [2.24, 2.45) is 0 Å². The van der Waals surface area contributed by atoms with Crippen LogP contribution in [0.3, 0.4) is 0 Å². The Kier molecular flexibility index (Phi) is 1.88. The van der Waals surface area contributed by atoms with Crippen molar-refractivity contribution in [1.82, 2.24) is 0 Å². The second kappa shape index (κ2) is 2.92. The maximum absolute atomic E-state index is 13.1. The lowest BCUT2D eigenvalue weighted by atomic mass is 10.1. The standard InChI is InChI=1S/C10H7FOS/c1-6-2-8-9(11)5-13-10(8)3-7(6)4-12/h2-5H,1H3. The third-order valence-corrected chi connectivity index (χ3v) is 2.96. The summed E-state index contributed by atoms with van der Waals surface area (Å²) in [6, 6.07) is 3.44. The molecule has 1 heterocycles. The van der Waals surface area contributed by atoms with Gasteiger partial charge in [-0.1, -0.05) is 0 Å². The van der Waals surface area contributed by atoms with Crippen molar-refractivity contribution in [2.45, 2.75) is 6.92 Å². The van der Waals surface area contributed by atoms with E-state index in [1.54, 1.807) is 19.1 Å². The fourth-order valence-electron chi connectivity index (χ4n) is 1.29. The minimum absolute atomic E-state index is 0.208. The lowest BCUT2D eigenvalue weighted by molar-refractivity contribution is 0.112. The quantitative estimate of drug-likeness (QED) is 0.637. The molecule has 0 aliphatic rings. The summed E-state index contributed by atoms with van der Waals surface area (Å²) in [4.78, 5) is 10.6. The lowest BCUT2D eigenvalue weighted by Gasteiger charge is -1.97. The topological polar surface area (TPSA) is 17.1 Å². The molecule has 1 nitrogen and oxygen atoms in total. The van der Waals surface area contributed by atoms with E-state index in [-0.39, 0.29) is 5.82 Å². The molecule has 0 fully saturated rings. The smallest absolute Gasteiger partial charge is 0.150 e. The molecule has 0 atom stereocenters. The molecule has 0 bridgehead atoms. The molecule has 0 unspecified atom stereocenters. The normalized spacial score (nSPS) is 10.6. The Hall–Kier alpha value is -1.22. The van der Waals surface area contributed by atoms with Crippen LogP contribution in [0.1, 0.15) is 15.9 Å². The molecule has 0 aliphatic heterocycles. The van der Waals surface area contributed by atoms with Crippen molar-refractivity contribution in [3.05, 3.63) is 34.5 Å². The summed E-state index contributed by atoms with van der Waals surface area (Å²) >= 11 is 1.32. The summed E-state index contributed by atoms with van der Waals surface area (Å²) in [5.41, 5.74) is 1.45. The zero-order valence-electron chi connectivity index (χ0n) is 7.00. The zero-order chi connectivity index (χ0) is 9.42. The van der Waals surface area contributed by atoms with Gasteiger partial charge in [0.25, 0.3) is 0 Å². The third kappa shape index (κ3) is 1.25. The fraction of sp³-hybridized carbons (Fsp3) is 0.100. The Labute approximate surface area is 78.8 Å². The first kappa shape index (κ1) is 8.38. The van der Waals surface area contributed by atoms with Crippen molar-refractivity contribution in [3.63, 3.8) is 0 Å². The number of carbonyl (C=O) groups excluding carboxylic acids is 1. The van der Waals surface area contributed by atoms with Crippen LogP contribution in [0.25, 0.3) is 10.1 Å². The van der Waals surface area contributed by atoms with Gasteiger partial charge >= 0.3 is 0 Å². The Morgan fingerprint density at radius 2 is 2.23 bits per heavy atom. The van der Waals surface area contributed by atoms with Gasteiger partial charge in [0.1, 0.15) is 12.1 Å². The number of hydrogen-bond acceptors (Lipinski definition) is 2. The molecular formula is C10H7FOS. The number of carbonyl (C=O) groups is 1. The number of thiophene rings is 1. The monoisotopic (exact) mass is 194 g/mol. The number of rotatable bonds is 1. The van der Waals surface area contributed by atoms with E-state index in [0.29, 0.717) is 10.9 Å². The van der Waals surface area contributed by atoms with Crippen LogP contribution in [0.2, 0.25) is 0 Å². The number of halogens is 1. The summed E-state index contributed by atoms with van der Waals surface area (Å²) in [6.45, 7) is 1.81. The Morgan fingerprint density at radius 1 is 1.46 bits per heavy atom. The molecule has 0 spiro atoms. The van der Waals surface area contributed by atoms with E-state index in [4.69, 9.17) is 0 Å². The number of aryl methyl sites for hydroxylation is 1. The van der Waals surface area contributed by atoms with Gasteiger partial charge in [-0.2, -0.15) is 0 Å². The molecule has 0 aliphatic carbocycles. The van der Waals surface area contributed by atoms with Gasteiger partial charge in [-0.3, -0.25) is 4.79 Å². The molecule has 0 N–H and O–H groups in total. The Morgan fingerprint density at radius 3 is 2.92 bits per heavy atom. The number of benzene rings is 1. The van der Waals surface area contributed by atoms with E-state index in [2.05, 4.69) is 0 Å². The minimum Gasteiger partial charge on any atom is -0.298 e. The van der Waals surface area contributed by atoms with E-state index in [1.807, 2.05) is 0 Å². The third-order valence-electron chi connectivity index (χ3n) is 2.04. The molecule has 2 rings (SSSR count). The first-order valence-corrected chi connectivity index (χ1v) is 4.73. The second-order valence-electron chi connectivity index (χ2n) is 2.91. The van der Waals surface area contributed by atoms with Crippen molar-refractivity contribution < 1.29 is 9.18 Å². The summed E-state index contributed by atoms with van der Waals surface area (Å²) < 4.78 is 13.9. The summed E-state index contributed by atoms with van der Waals surface area (Å²) in [7, 11) is 0. The number of fused-ring (bicyclic) bond motifs is 1. The minimum atomic E-state index is -0.208. The molecule has 1 aromatic heterocycles. The predicted molar refractivity (Wildman–Crippen MR) is 51.9 cm³/mol. The summed E-state index contributed by atoms with van der Waals surface area (Å²) in [5.74, 6) is -0.208. The molecule has 1 aromatic carbocycles. The van der Waals surface area contributed by atoms with Gasteiger partial charge in [-0.15, -0.1) is 11.3 Å². The highest BCUT2D eigenvalue weighted by molar-refractivity contribution is 7.17. The van der Waals surface area contributed by atoms with Crippen molar-refractivity contribution in [3.8, 4) is 0 Å². The Bertz CT molecular complexity index is 473. The first-order chi connectivity index (χ1) is 6.22. The molecule has 0 amide bonds. The Balaban J connectivity index is 2.83. The fourth-order valence-corrected chi connectivity index (χ4v) is 2.13. The van der Waals surface area contributed by atoms with E-state index in [1.165, 1.54) is 16.7 Å². The van der Waals surface area contributed by atoms with Gasteiger partial charge < -0.3 is 0 Å². The molecule has 2 aromatic rings. The molecular weight excluding hydrogens is 187 g/mol. The molecule has 3 heteroatoms. The molecule has 0 radical (unpaired) electrons.